The van der Waals surface area contributed by atoms with Gasteiger partial charge in [-0.05, 0) is 55.8 Å². The van der Waals surface area contributed by atoms with Crippen LogP contribution < -0.4 is 21.1 Å². The molecule has 0 spiro atoms. The fourth-order valence-corrected chi connectivity index (χ4v) is 2.71. The normalized spacial score (nSPS) is 10.4. The van der Waals surface area contributed by atoms with Crippen LogP contribution in [0.3, 0.4) is 0 Å². The van der Waals surface area contributed by atoms with Gasteiger partial charge in [0.05, 0.1) is 12.8 Å². The van der Waals surface area contributed by atoms with Crippen molar-refractivity contribution in [3.8, 4) is 5.75 Å². The lowest BCUT2D eigenvalue weighted by Crippen LogP contribution is -2.14. The number of carbonyl (C=O) groups is 2. The number of amides is 2. The van der Waals surface area contributed by atoms with Crippen molar-refractivity contribution in [1.82, 2.24) is 0 Å². The highest BCUT2D eigenvalue weighted by Gasteiger charge is 2.12. The molecule has 0 saturated carbocycles. The summed E-state index contributed by atoms with van der Waals surface area (Å²) in [6.07, 6.45) is 4.16. The van der Waals surface area contributed by atoms with Crippen molar-refractivity contribution in [2.24, 2.45) is 5.73 Å². The van der Waals surface area contributed by atoms with Gasteiger partial charge in [-0.25, -0.2) is 4.39 Å². The first-order chi connectivity index (χ1) is 13.5. The zero-order chi connectivity index (χ0) is 20.4. The van der Waals surface area contributed by atoms with E-state index in [2.05, 4.69) is 10.6 Å². The van der Waals surface area contributed by atoms with Crippen LogP contribution in [0.25, 0.3) is 0 Å². The van der Waals surface area contributed by atoms with Crippen molar-refractivity contribution >= 4 is 23.2 Å². The maximum absolute atomic E-state index is 13.3. The quantitative estimate of drug-likeness (QED) is 0.539. The predicted molar refractivity (Wildman–Crippen MR) is 108 cm³/mol. The van der Waals surface area contributed by atoms with Crippen LogP contribution in [-0.2, 0) is 4.79 Å². The third-order valence-electron chi connectivity index (χ3n) is 4.18. The molecule has 0 saturated heterocycles. The molecule has 7 heteroatoms. The summed E-state index contributed by atoms with van der Waals surface area (Å²) in [6.45, 7) is 0.669. The Morgan fingerprint density at radius 2 is 1.82 bits per heavy atom. The molecule has 0 radical (unpaired) electrons. The maximum Gasteiger partial charge on any atom is 0.255 e. The van der Waals surface area contributed by atoms with Gasteiger partial charge in [0.1, 0.15) is 11.6 Å². The average Bonchev–Trinajstić information content (AvgIpc) is 2.68. The summed E-state index contributed by atoms with van der Waals surface area (Å²) in [4.78, 5) is 24.5. The summed E-state index contributed by atoms with van der Waals surface area (Å²) in [7, 11) is 1.48. The van der Waals surface area contributed by atoms with Crippen LogP contribution in [-0.4, -0.2) is 25.5 Å². The number of halogens is 1. The number of unbranched alkanes of at least 4 members (excludes halogenated alkanes) is 3. The Balaban J connectivity index is 2.00. The summed E-state index contributed by atoms with van der Waals surface area (Å²) in [6, 6.07) is 10.4. The first kappa shape index (κ1) is 21.4. The molecule has 6 nitrogen and oxygen atoms in total. The molecule has 0 atom stereocenters. The van der Waals surface area contributed by atoms with Crippen LogP contribution in [0.5, 0.6) is 5.75 Å². The molecule has 2 aromatic carbocycles. The van der Waals surface area contributed by atoms with Crippen molar-refractivity contribution in [2.75, 3.05) is 24.3 Å². The standard InChI is InChI=1S/C21H26FN3O3/c1-28-19-11-10-17(24-20(26)9-4-2-3-5-12-23)14-18(19)25-21(27)15-7-6-8-16(22)13-15/h6-8,10-11,13-14H,2-5,9,12,23H2,1H3,(H,24,26)(H,25,27). The number of ether oxygens (including phenoxy) is 1. The minimum atomic E-state index is -0.493. The van der Waals surface area contributed by atoms with E-state index in [1.54, 1.807) is 18.2 Å². The summed E-state index contributed by atoms with van der Waals surface area (Å²) < 4.78 is 18.6. The topological polar surface area (TPSA) is 93.4 Å². The smallest absolute Gasteiger partial charge is 0.255 e. The second kappa shape index (κ2) is 11.0. The molecular formula is C21H26FN3O3. The van der Waals surface area contributed by atoms with Crippen LogP contribution in [0.4, 0.5) is 15.8 Å². The SMILES string of the molecule is COc1ccc(NC(=O)CCCCCCN)cc1NC(=O)c1cccc(F)c1. The van der Waals surface area contributed by atoms with E-state index in [0.29, 0.717) is 30.1 Å². The minimum Gasteiger partial charge on any atom is -0.495 e. The van der Waals surface area contributed by atoms with Crippen LogP contribution in [0, 0.1) is 5.82 Å². The molecular weight excluding hydrogens is 361 g/mol. The average molecular weight is 387 g/mol. The number of hydrogen-bond acceptors (Lipinski definition) is 4. The molecule has 4 N–H and O–H groups in total. The molecule has 0 fully saturated rings. The Morgan fingerprint density at radius 3 is 2.54 bits per heavy atom. The summed E-state index contributed by atoms with van der Waals surface area (Å²) >= 11 is 0. The molecule has 0 aliphatic carbocycles. The molecule has 0 heterocycles. The van der Waals surface area contributed by atoms with Crippen molar-refractivity contribution in [1.29, 1.82) is 0 Å². The Kier molecular flexibility index (Phi) is 8.42. The van der Waals surface area contributed by atoms with Crippen LogP contribution in [0.1, 0.15) is 42.5 Å². The van der Waals surface area contributed by atoms with Gasteiger partial charge in [-0.1, -0.05) is 18.9 Å². The molecule has 150 valence electrons. The van der Waals surface area contributed by atoms with Gasteiger partial charge in [0, 0.05) is 17.7 Å². The number of rotatable bonds is 10. The fraction of sp³-hybridized carbons (Fsp3) is 0.333. The van der Waals surface area contributed by atoms with E-state index < -0.39 is 11.7 Å². The van der Waals surface area contributed by atoms with Gasteiger partial charge in [-0.2, -0.15) is 0 Å². The Morgan fingerprint density at radius 1 is 1.04 bits per heavy atom. The molecule has 28 heavy (non-hydrogen) atoms. The largest absolute Gasteiger partial charge is 0.495 e. The molecule has 0 aliphatic rings. The van der Waals surface area contributed by atoms with E-state index in [-0.39, 0.29) is 11.5 Å². The van der Waals surface area contributed by atoms with Gasteiger partial charge < -0.3 is 21.1 Å². The van der Waals surface area contributed by atoms with Crippen molar-refractivity contribution < 1.29 is 18.7 Å². The number of anilines is 2. The summed E-state index contributed by atoms with van der Waals surface area (Å²) in [5.74, 6) is -0.627. The van der Waals surface area contributed by atoms with Gasteiger partial charge >= 0.3 is 0 Å². The van der Waals surface area contributed by atoms with Gasteiger partial charge in [0.15, 0.2) is 0 Å². The van der Waals surface area contributed by atoms with Gasteiger partial charge in [-0.3, -0.25) is 9.59 Å². The number of carbonyl (C=O) groups excluding carboxylic acids is 2. The molecule has 2 rings (SSSR count). The van der Waals surface area contributed by atoms with E-state index in [9.17, 15) is 14.0 Å². The molecule has 2 amide bonds. The van der Waals surface area contributed by atoms with Crippen LogP contribution >= 0.6 is 0 Å². The predicted octanol–water partition coefficient (Wildman–Crippen LogP) is 3.93. The lowest BCUT2D eigenvalue weighted by Gasteiger charge is -2.13. The molecule has 0 bridgehead atoms. The number of nitrogens with one attached hydrogen (secondary N) is 2. The second-order valence-electron chi connectivity index (χ2n) is 6.38. The highest BCUT2D eigenvalue weighted by molar-refractivity contribution is 6.05. The van der Waals surface area contributed by atoms with Crippen LogP contribution in [0.15, 0.2) is 42.5 Å². The zero-order valence-corrected chi connectivity index (χ0v) is 16.0. The Bertz CT molecular complexity index is 811. The molecule has 0 unspecified atom stereocenters. The second-order valence-corrected chi connectivity index (χ2v) is 6.38. The monoisotopic (exact) mass is 387 g/mol. The van der Waals surface area contributed by atoms with E-state index in [1.165, 1.54) is 25.3 Å². The Labute approximate surface area is 164 Å². The fourth-order valence-electron chi connectivity index (χ4n) is 2.71. The highest BCUT2D eigenvalue weighted by Crippen LogP contribution is 2.28. The Hall–Kier alpha value is -2.93. The molecule has 0 aromatic heterocycles. The van der Waals surface area contributed by atoms with Crippen molar-refractivity contribution in [2.45, 2.75) is 32.1 Å². The lowest BCUT2D eigenvalue weighted by atomic mass is 10.1. The van der Waals surface area contributed by atoms with Crippen LogP contribution in [0.2, 0.25) is 0 Å². The molecule has 0 aliphatic heterocycles. The number of nitrogens with two attached hydrogens (primary N) is 1. The maximum atomic E-state index is 13.3. The third kappa shape index (κ3) is 6.66. The van der Waals surface area contributed by atoms with E-state index >= 15 is 0 Å². The number of methoxy groups -OCH3 is 1. The number of benzene rings is 2. The van der Waals surface area contributed by atoms with Gasteiger partial charge in [-0.15, -0.1) is 0 Å². The first-order valence-electron chi connectivity index (χ1n) is 9.28. The summed E-state index contributed by atoms with van der Waals surface area (Å²) in [5, 5.41) is 5.51. The first-order valence-corrected chi connectivity index (χ1v) is 9.28. The van der Waals surface area contributed by atoms with E-state index in [0.717, 1.165) is 31.7 Å². The zero-order valence-electron chi connectivity index (χ0n) is 16.0. The third-order valence-corrected chi connectivity index (χ3v) is 4.18. The van der Waals surface area contributed by atoms with Crippen molar-refractivity contribution in [3.63, 3.8) is 0 Å². The minimum absolute atomic E-state index is 0.0969. The summed E-state index contributed by atoms with van der Waals surface area (Å²) in [5.41, 5.74) is 6.57. The van der Waals surface area contributed by atoms with Gasteiger partial charge in [0.2, 0.25) is 5.91 Å². The van der Waals surface area contributed by atoms with Crippen molar-refractivity contribution in [3.05, 3.63) is 53.8 Å². The van der Waals surface area contributed by atoms with Gasteiger partial charge in [0.25, 0.3) is 5.91 Å². The highest BCUT2D eigenvalue weighted by atomic mass is 19.1. The number of hydrogen-bond donors (Lipinski definition) is 3. The van der Waals surface area contributed by atoms with E-state index in [4.69, 9.17) is 10.5 Å². The van der Waals surface area contributed by atoms with E-state index in [1.807, 2.05) is 0 Å². The lowest BCUT2D eigenvalue weighted by molar-refractivity contribution is -0.116. The molecule has 2 aromatic rings.